The van der Waals surface area contributed by atoms with E-state index in [1.54, 1.807) is 23.9 Å². The van der Waals surface area contributed by atoms with E-state index in [1.807, 2.05) is 22.7 Å². The molecule has 2 aliphatic rings. The highest BCUT2D eigenvalue weighted by Gasteiger charge is 2.25. The van der Waals surface area contributed by atoms with Gasteiger partial charge in [0.2, 0.25) is 5.91 Å². The van der Waals surface area contributed by atoms with Crippen molar-refractivity contribution in [2.45, 2.75) is 18.9 Å². The molecule has 1 amide bonds. The summed E-state index contributed by atoms with van der Waals surface area (Å²) in [4.78, 5) is 30.8. The molecule has 9 nitrogen and oxygen atoms in total. The molecule has 0 saturated carbocycles. The molecule has 0 spiro atoms. The van der Waals surface area contributed by atoms with Gasteiger partial charge in [0.05, 0.1) is 12.6 Å². The summed E-state index contributed by atoms with van der Waals surface area (Å²) in [6.07, 6.45) is 6.98. The average molecular weight is 342 g/mol. The highest BCUT2D eigenvalue weighted by atomic mass is 16.2. The number of hydrogen-bond donors (Lipinski definition) is 0. The van der Waals surface area contributed by atoms with Gasteiger partial charge in [-0.3, -0.25) is 4.79 Å². The maximum atomic E-state index is 11.9. The standard InChI is InChI=1S/C16H22N8O/c1-21-6-7-23(9-16(21)25)15-8-14(18-11-19-15)22-4-2-13(3-5-22)24-12-17-10-20-24/h8,10-13H,2-7,9H2,1H3. The lowest BCUT2D eigenvalue weighted by molar-refractivity contribution is -0.129. The molecule has 4 rings (SSSR count). The summed E-state index contributed by atoms with van der Waals surface area (Å²) in [5.41, 5.74) is 0. The van der Waals surface area contributed by atoms with Gasteiger partial charge in [-0.2, -0.15) is 5.10 Å². The van der Waals surface area contributed by atoms with Crippen LogP contribution in [0.2, 0.25) is 0 Å². The molecule has 25 heavy (non-hydrogen) atoms. The number of carbonyl (C=O) groups is 1. The third kappa shape index (κ3) is 3.26. The minimum atomic E-state index is 0.125. The van der Waals surface area contributed by atoms with Crippen LogP contribution < -0.4 is 9.80 Å². The normalized spacial score (nSPS) is 19.6. The van der Waals surface area contributed by atoms with Gasteiger partial charge in [-0.1, -0.05) is 0 Å². The predicted molar refractivity (Wildman–Crippen MR) is 92.4 cm³/mol. The van der Waals surface area contributed by atoms with Crippen molar-refractivity contribution in [2.24, 2.45) is 0 Å². The molecule has 0 atom stereocenters. The molecule has 0 unspecified atom stereocenters. The number of piperidine rings is 1. The number of rotatable bonds is 3. The van der Waals surface area contributed by atoms with E-state index in [0.29, 0.717) is 12.6 Å². The van der Waals surface area contributed by atoms with Gasteiger partial charge >= 0.3 is 0 Å². The molecule has 2 aliphatic heterocycles. The predicted octanol–water partition coefficient (Wildman–Crippen LogP) is 0.188. The Morgan fingerprint density at radius 1 is 1.00 bits per heavy atom. The zero-order valence-corrected chi connectivity index (χ0v) is 14.3. The third-order valence-corrected chi connectivity index (χ3v) is 5.02. The molecule has 132 valence electrons. The first-order valence-corrected chi connectivity index (χ1v) is 8.61. The first kappa shape index (κ1) is 15.8. The molecule has 0 N–H and O–H groups in total. The first-order chi connectivity index (χ1) is 12.2. The fraction of sp³-hybridized carbons (Fsp3) is 0.562. The molecule has 2 saturated heterocycles. The van der Waals surface area contributed by atoms with Crippen molar-refractivity contribution in [1.82, 2.24) is 29.6 Å². The molecular formula is C16H22N8O. The average Bonchev–Trinajstić information content (AvgIpc) is 3.19. The summed E-state index contributed by atoms with van der Waals surface area (Å²) >= 11 is 0. The van der Waals surface area contributed by atoms with Crippen LogP contribution in [0.4, 0.5) is 11.6 Å². The molecule has 2 aromatic rings. The molecule has 9 heteroatoms. The van der Waals surface area contributed by atoms with E-state index < -0.39 is 0 Å². The van der Waals surface area contributed by atoms with Crippen molar-refractivity contribution >= 4 is 17.5 Å². The number of nitrogens with zero attached hydrogens (tertiary/aromatic N) is 8. The van der Waals surface area contributed by atoms with Crippen LogP contribution in [0.5, 0.6) is 0 Å². The van der Waals surface area contributed by atoms with Crippen LogP contribution in [0.3, 0.4) is 0 Å². The van der Waals surface area contributed by atoms with E-state index >= 15 is 0 Å². The SMILES string of the molecule is CN1CCN(c2cc(N3CCC(n4cncn4)CC3)ncn2)CC1=O. The lowest BCUT2D eigenvalue weighted by atomic mass is 10.1. The van der Waals surface area contributed by atoms with Gasteiger partial charge in [-0.25, -0.2) is 19.6 Å². The van der Waals surface area contributed by atoms with Crippen LogP contribution >= 0.6 is 0 Å². The molecule has 2 aromatic heterocycles. The Balaban J connectivity index is 1.43. The largest absolute Gasteiger partial charge is 0.356 e. The first-order valence-electron chi connectivity index (χ1n) is 8.61. The highest BCUT2D eigenvalue weighted by Crippen LogP contribution is 2.26. The number of likely N-dealkylation sites (N-methyl/N-ethyl adjacent to an activating group) is 1. The molecule has 4 heterocycles. The van der Waals surface area contributed by atoms with Crippen LogP contribution in [0, 0.1) is 0 Å². The van der Waals surface area contributed by atoms with Crippen LogP contribution in [-0.2, 0) is 4.79 Å². The van der Waals surface area contributed by atoms with E-state index in [2.05, 4.69) is 25.0 Å². The van der Waals surface area contributed by atoms with Crippen molar-refractivity contribution in [3.8, 4) is 0 Å². The van der Waals surface area contributed by atoms with E-state index in [9.17, 15) is 4.79 Å². The Labute approximate surface area is 146 Å². The zero-order valence-electron chi connectivity index (χ0n) is 14.3. The fourth-order valence-electron chi connectivity index (χ4n) is 3.40. The van der Waals surface area contributed by atoms with Gasteiger partial charge in [0.15, 0.2) is 0 Å². The Kier molecular flexibility index (Phi) is 4.21. The highest BCUT2D eigenvalue weighted by molar-refractivity contribution is 5.82. The summed E-state index contributed by atoms with van der Waals surface area (Å²) in [6, 6.07) is 2.39. The maximum Gasteiger partial charge on any atom is 0.241 e. The zero-order chi connectivity index (χ0) is 17.2. The second-order valence-electron chi connectivity index (χ2n) is 6.56. The van der Waals surface area contributed by atoms with Crippen molar-refractivity contribution in [3.63, 3.8) is 0 Å². The lowest BCUT2D eigenvalue weighted by Crippen LogP contribution is -2.48. The lowest BCUT2D eigenvalue weighted by Gasteiger charge is -2.34. The quantitative estimate of drug-likeness (QED) is 0.787. The maximum absolute atomic E-state index is 11.9. The molecule has 0 radical (unpaired) electrons. The summed E-state index contributed by atoms with van der Waals surface area (Å²) in [5, 5.41) is 4.25. The van der Waals surface area contributed by atoms with Crippen molar-refractivity contribution in [3.05, 3.63) is 25.0 Å². The number of piperazine rings is 1. The topological polar surface area (TPSA) is 83.3 Å². The number of aromatic nitrogens is 5. The molecule has 0 aliphatic carbocycles. The minimum Gasteiger partial charge on any atom is -0.356 e. The summed E-state index contributed by atoms with van der Waals surface area (Å²) in [6.45, 7) is 3.74. The minimum absolute atomic E-state index is 0.125. The van der Waals surface area contributed by atoms with Crippen LogP contribution in [-0.4, -0.2) is 75.3 Å². The summed E-state index contributed by atoms with van der Waals surface area (Å²) < 4.78 is 1.94. The Bertz CT molecular complexity index is 725. The van der Waals surface area contributed by atoms with Crippen molar-refractivity contribution in [1.29, 1.82) is 0 Å². The van der Waals surface area contributed by atoms with E-state index in [0.717, 1.165) is 50.7 Å². The number of amides is 1. The Hall–Kier alpha value is -2.71. The van der Waals surface area contributed by atoms with E-state index in [-0.39, 0.29) is 5.91 Å². The molecule has 2 fully saturated rings. The Morgan fingerprint density at radius 2 is 1.76 bits per heavy atom. The van der Waals surface area contributed by atoms with E-state index in [1.165, 1.54) is 0 Å². The fourth-order valence-corrected chi connectivity index (χ4v) is 3.40. The number of hydrogen-bond acceptors (Lipinski definition) is 7. The molecular weight excluding hydrogens is 320 g/mol. The van der Waals surface area contributed by atoms with Crippen LogP contribution in [0.1, 0.15) is 18.9 Å². The van der Waals surface area contributed by atoms with Crippen LogP contribution in [0.25, 0.3) is 0 Å². The monoisotopic (exact) mass is 342 g/mol. The summed E-state index contributed by atoms with van der Waals surface area (Å²) in [5.74, 6) is 1.87. The van der Waals surface area contributed by atoms with Gasteiger partial charge in [-0.05, 0) is 12.8 Å². The van der Waals surface area contributed by atoms with Gasteiger partial charge in [0, 0.05) is 39.3 Å². The molecule has 0 bridgehead atoms. The Morgan fingerprint density at radius 3 is 2.44 bits per heavy atom. The molecule has 0 aromatic carbocycles. The third-order valence-electron chi connectivity index (χ3n) is 5.02. The number of anilines is 2. The van der Waals surface area contributed by atoms with Gasteiger partial charge in [0.25, 0.3) is 0 Å². The van der Waals surface area contributed by atoms with E-state index in [4.69, 9.17) is 0 Å². The van der Waals surface area contributed by atoms with Gasteiger partial charge in [-0.15, -0.1) is 0 Å². The van der Waals surface area contributed by atoms with Gasteiger partial charge in [0.1, 0.15) is 30.6 Å². The van der Waals surface area contributed by atoms with Crippen LogP contribution in [0.15, 0.2) is 25.0 Å². The second-order valence-corrected chi connectivity index (χ2v) is 6.56. The second kappa shape index (κ2) is 6.66. The number of carbonyl (C=O) groups excluding carboxylic acids is 1. The summed E-state index contributed by atoms with van der Waals surface area (Å²) in [7, 11) is 1.84. The van der Waals surface area contributed by atoms with Crippen molar-refractivity contribution in [2.75, 3.05) is 49.6 Å². The van der Waals surface area contributed by atoms with Gasteiger partial charge < -0.3 is 14.7 Å². The van der Waals surface area contributed by atoms with Crippen molar-refractivity contribution < 1.29 is 4.79 Å². The smallest absolute Gasteiger partial charge is 0.241 e.